The zero-order chi connectivity index (χ0) is 25.3. The summed E-state index contributed by atoms with van der Waals surface area (Å²) < 4.78 is 0. The third-order valence-electron chi connectivity index (χ3n) is 5.57. The van der Waals surface area contributed by atoms with Crippen LogP contribution in [0.4, 0.5) is 5.69 Å². The van der Waals surface area contributed by atoms with Gasteiger partial charge in [0.15, 0.2) is 0 Å². The summed E-state index contributed by atoms with van der Waals surface area (Å²) in [5.74, 6) is 0.330. The number of hydrogen-bond acceptors (Lipinski definition) is 7. The molecule has 1 amide bonds. The molecule has 0 fully saturated rings. The van der Waals surface area contributed by atoms with Crippen LogP contribution in [0.2, 0.25) is 10.0 Å². The summed E-state index contributed by atoms with van der Waals surface area (Å²) in [4.78, 5) is 12.4. The fraction of sp³-hybridized carbons (Fsp3) is 0.231. The van der Waals surface area contributed by atoms with E-state index < -0.39 is 6.10 Å². The van der Waals surface area contributed by atoms with Crippen molar-refractivity contribution >= 4 is 40.6 Å². The smallest absolute Gasteiger partial charge is 0.232 e. The van der Waals surface area contributed by atoms with E-state index in [0.717, 1.165) is 35.3 Å². The highest BCUT2D eigenvalue weighted by atomic mass is 35.5. The number of benzene rings is 3. The first-order chi connectivity index (χ1) is 17.5. The third kappa shape index (κ3) is 7.68. The van der Waals surface area contributed by atoms with Crippen molar-refractivity contribution in [2.24, 2.45) is 5.10 Å². The second-order valence-electron chi connectivity index (χ2n) is 8.41. The fourth-order valence-corrected chi connectivity index (χ4v) is 4.00. The van der Waals surface area contributed by atoms with Gasteiger partial charge in [-0.05, 0) is 53.9 Å². The van der Waals surface area contributed by atoms with Gasteiger partial charge in [0.05, 0.1) is 29.1 Å². The monoisotopic (exact) mass is 526 g/mol. The number of halogens is 2. The predicted molar refractivity (Wildman–Crippen MR) is 143 cm³/mol. The molecule has 1 aliphatic heterocycles. The second kappa shape index (κ2) is 12.7. The molecule has 0 aromatic heterocycles. The van der Waals surface area contributed by atoms with Crippen LogP contribution in [-0.2, 0) is 17.8 Å². The zero-order valence-corrected chi connectivity index (χ0v) is 21.1. The fourth-order valence-electron chi connectivity index (χ4n) is 3.68. The van der Waals surface area contributed by atoms with Crippen molar-refractivity contribution in [3.63, 3.8) is 0 Å². The van der Waals surface area contributed by atoms with Gasteiger partial charge in [-0.3, -0.25) is 10.2 Å². The number of nitrogens with zero attached hydrogens (tertiary/aromatic N) is 2. The van der Waals surface area contributed by atoms with Crippen LogP contribution in [0.15, 0.2) is 77.9 Å². The predicted octanol–water partition coefficient (Wildman–Crippen LogP) is 4.03. The number of aliphatic hydroxyl groups is 1. The summed E-state index contributed by atoms with van der Waals surface area (Å²) in [5, 5.41) is 23.2. The summed E-state index contributed by atoms with van der Waals surface area (Å²) in [7, 11) is 0. The molecule has 4 rings (SSSR count). The SMILES string of the molecule is O=C(CC1=NNN(Cc2ccc(Cl)c(Cl)c2)N1)Nc1ccc(CCNC[C@H](O)c2ccccc2)cc1. The van der Waals surface area contributed by atoms with Crippen LogP contribution in [0, 0.1) is 0 Å². The van der Waals surface area contributed by atoms with Gasteiger partial charge in [0.2, 0.25) is 5.91 Å². The molecule has 0 radical (unpaired) electrons. The first kappa shape index (κ1) is 25.9. The van der Waals surface area contributed by atoms with Crippen molar-refractivity contribution in [3.05, 3.63) is 99.5 Å². The quantitative estimate of drug-likeness (QED) is 0.242. The average molecular weight is 527 g/mol. The highest BCUT2D eigenvalue weighted by Gasteiger charge is 2.18. The lowest BCUT2D eigenvalue weighted by molar-refractivity contribution is -0.115. The van der Waals surface area contributed by atoms with Crippen molar-refractivity contribution in [2.45, 2.75) is 25.5 Å². The van der Waals surface area contributed by atoms with Gasteiger partial charge in [-0.1, -0.05) is 71.7 Å². The van der Waals surface area contributed by atoms with Crippen LogP contribution >= 0.6 is 23.2 Å². The molecule has 0 saturated heterocycles. The number of hydrazone groups is 1. The molecular formula is C26H28Cl2N6O2. The Hall–Kier alpha value is -3.14. The van der Waals surface area contributed by atoms with Crippen molar-refractivity contribution in [1.82, 2.24) is 21.4 Å². The van der Waals surface area contributed by atoms with Gasteiger partial charge >= 0.3 is 0 Å². The van der Waals surface area contributed by atoms with Gasteiger partial charge in [0, 0.05) is 12.2 Å². The Morgan fingerprint density at radius 2 is 1.75 bits per heavy atom. The minimum absolute atomic E-state index is 0.0975. The van der Waals surface area contributed by atoms with Crippen LogP contribution < -0.4 is 21.6 Å². The molecule has 0 spiro atoms. The largest absolute Gasteiger partial charge is 0.387 e. The van der Waals surface area contributed by atoms with Gasteiger partial charge < -0.3 is 15.7 Å². The van der Waals surface area contributed by atoms with Crippen LogP contribution in [-0.4, -0.2) is 35.1 Å². The molecule has 1 heterocycles. The third-order valence-corrected chi connectivity index (χ3v) is 6.31. The minimum atomic E-state index is -0.527. The summed E-state index contributed by atoms with van der Waals surface area (Å²) in [6.45, 7) is 1.72. The number of nitrogens with one attached hydrogen (secondary N) is 4. The van der Waals surface area contributed by atoms with Crippen LogP contribution in [0.5, 0.6) is 0 Å². The Morgan fingerprint density at radius 1 is 1.00 bits per heavy atom. The lowest BCUT2D eigenvalue weighted by Gasteiger charge is -2.16. The Kier molecular flexibility index (Phi) is 9.16. The van der Waals surface area contributed by atoms with Crippen molar-refractivity contribution < 1.29 is 9.90 Å². The number of carbonyl (C=O) groups is 1. The van der Waals surface area contributed by atoms with E-state index in [9.17, 15) is 9.90 Å². The zero-order valence-electron chi connectivity index (χ0n) is 19.5. The van der Waals surface area contributed by atoms with Gasteiger partial charge in [0.25, 0.3) is 0 Å². The molecule has 188 valence electrons. The van der Waals surface area contributed by atoms with Gasteiger partial charge in [-0.25, -0.2) is 5.53 Å². The Labute approximate surface area is 220 Å². The minimum Gasteiger partial charge on any atom is -0.387 e. The lowest BCUT2D eigenvalue weighted by atomic mass is 10.1. The summed E-state index contributed by atoms with van der Waals surface area (Å²) in [5.41, 5.74) is 9.59. The van der Waals surface area contributed by atoms with Gasteiger partial charge in [-0.15, -0.1) is 10.2 Å². The molecule has 10 heteroatoms. The van der Waals surface area contributed by atoms with Crippen molar-refractivity contribution in [2.75, 3.05) is 18.4 Å². The molecule has 0 unspecified atom stereocenters. The first-order valence-electron chi connectivity index (χ1n) is 11.6. The number of aliphatic hydroxyl groups excluding tert-OH is 1. The van der Waals surface area contributed by atoms with Crippen molar-refractivity contribution in [3.8, 4) is 0 Å². The molecule has 3 aromatic carbocycles. The van der Waals surface area contributed by atoms with E-state index in [2.05, 4.69) is 26.7 Å². The van der Waals surface area contributed by atoms with Crippen LogP contribution in [0.3, 0.4) is 0 Å². The molecule has 0 aliphatic carbocycles. The van der Waals surface area contributed by atoms with E-state index in [1.165, 1.54) is 0 Å². The molecule has 3 aromatic rings. The van der Waals surface area contributed by atoms with Crippen molar-refractivity contribution in [1.29, 1.82) is 0 Å². The normalized spacial score (nSPS) is 14.0. The number of rotatable bonds is 11. The number of amidine groups is 1. The Balaban J connectivity index is 1.15. The van der Waals surface area contributed by atoms with Gasteiger partial charge in [-0.2, -0.15) is 0 Å². The first-order valence-corrected chi connectivity index (χ1v) is 12.3. The van der Waals surface area contributed by atoms with Crippen LogP contribution in [0.1, 0.15) is 29.2 Å². The van der Waals surface area contributed by atoms with Gasteiger partial charge in [0.1, 0.15) is 5.84 Å². The maximum Gasteiger partial charge on any atom is 0.232 e. The standard InChI is InChI=1S/C26H28Cl2N6O2/c27-22-11-8-19(14-23(22)28)17-34-32-25(31-33-34)15-26(36)30-21-9-6-18(7-10-21)12-13-29-16-24(35)20-4-2-1-3-5-20/h1-11,14,24,29,33,35H,12-13,15-17H2,(H,30,36)(H,31,32)/t24-/m0/s1. The number of hydrogen-bond donors (Lipinski definition) is 5. The Bertz CT molecular complexity index is 1190. The second-order valence-corrected chi connectivity index (χ2v) is 9.22. The lowest BCUT2D eigenvalue weighted by Crippen LogP contribution is -2.41. The maximum atomic E-state index is 12.4. The topological polar surface area (TPSA) is 101 Å². The maximum absolute atomic E-state index is 12.4. The van der Waals surface area contributed by atoms with E-state index in [4.69, 9.17) is 23.2 Å². The molecule has 5 N–H and O–H groups in total. The molecular weight excluding hydrogens is 499 g/mol. The van der Waals surface area contributed by atoms with E-state index in [0.29, 0.717) is 29.0 Å². The number of amides is 1. The molecule has 36 heavy (non-hydrogen) atoms. The average Bonchev–Trinajstić information content (AvgIpc) is 3.31. The molecule has 8 nitrogen and oxygen atoms in total. The molecule has 0 saturated carbocycles. The highest BCUT2D eigenvalue weighted by Crippen LogP contribution is 2.23. The number of hydrazine groups is 2. The number of carbonyl (C=O) groups excluding carboxylic acids is 1. The van der Waals surface area contributed by atoms with E-state index in [-0.39, 0.29) is 12.3 Å². The number of anilines is 1. The van der Waals surface area contributed by atoms with E-state index >= 15 is 0 Å². The highest BCUT2D eigenvalue weighted by molar-refractivity contribution is 6.42. The summed E-state index contributed by atoms with van der Waals surface area (Å²) >= 11 is 12.0. The van der Waals surface area contributed by atoms with E-state index in [1.807, 2.05) is 60.7 Å². The molecule has 0 bridgehead atoms. The summed E-state index contributed by atoms with van der Waals surface area (Å²) in [6.07, 6.45) is 0.387. The van der Waals surface area contributed by atoms with Crippen LogP contribution in [0.25, 0.3) is 0 Å². The summed E-state index contributed by atoms with van der Waals surface area (Å²) in [6, 6.07) is 22.7. The molecule has 1 aliphatic rings. The van der Waals surface area contributed by atoms with E-state index in [1.54, 1.807) is 17.3 Å². The Morgan fingerprint density at radius 3 is 2.50 bits per heavy atom. The molecule has 1 atom stereocenters.